The van der Waals surface area contributed by atoms with Crippen molar-refractivity contribution in [2.75, 3.05) is 18.0 Å². The Bertz CT molecular complexity index is 863. The van der Waals surface area contributed by atoms with Crippen LogP contribution in [0.3, 0.4) is 0 Å². The summed E-state index contributed by atoms with van der Waals surface area (Å²) in [5.74, 6) is 1.55. The summed E-state index contributed by atoms with van der Waals surface area (Å²) >= 11 is 0. The van der Waals surface area contributed by atoms with Gasteiger partial charge in [0.25, 0.3) is 5.56 Å². The van der Waals surface area contributed by atoms with Gasteiger partial charge in [-0.15, -0.1) is 0 Å². The summed E-state index contributed by atoms with van der Waals surface area (Å²) < 4.78 is 5.01. The number of aromatic amines is 1. The number of hydrogen-bond donors (Lipinski definition) is 1. The van der Waals surface area contributed by atoms with Crippen molar-refractivity contribution in [3.8, 4) is 0 Å². The molecule has 4 heterocycles. The molecule has 1 aliphatic heterocycles. The number of aromatic nitrogens is 4. The van der Waals surface area contributed by atoms with Crippen molar-refractivity contribution >= 4 is 16.7 Å². The third-order valence-electron chi connectivity index (χ3n) is 3.72. The highest BCUT2D eigenvalue weighted by Gasteiger charge is 2.32. The fraction of sp³-hybridized carbons (Fsp3) is 0.286. The molecule has 0 spiro atoms. The lowest BCUT2D eigenvalue weighted by Gasteiger charge is -2.39. The quantitative estimate of drug-likeness (QED) is 0.760. The zero-order chi connectivity index (χ0) is 14.4. The second-order valence-corrected chi connectivity index (χ2v) is 5.19. The average molecular weight is 283 g/mol. The third-order valence-corrected chi connectivity index (χ3v) is 3.72. The maximum Gasteiger partial charge on any atom is 0.251 e. The highest BCUT2D eigenvalue weighted by atomic mass is 16.5. The Morgan fingerprint density at radius 2 is 2.29 bits per heavy atom. The summed E-state index contributed by atoms with van der Waals surface area (Å²) in [6.07, 6.45) is 1.67. The van der Waals surface area contributed by atoms with Crippen LogP contribution in [0.15, 0.2) is 33.7 Å². The summed E-state index contributed by atoms with van der Waals surface area (Å²) in [4.78, 5) is 25.1. The van der Waals surface area contributed by atoms with E-state index in [9.17, 15) is 4.79 Å². The minimum absolute atomic E-state index is 0.143. The van der Waals surface area contributed by atoms with Crippen LogP contribution in [0.2, 0.25) is 0 Å². The first-order valence-electron chi connectivity index (χ1n) is 6.74. The van der Waals surface area contributed by atoms with E-state index in [1.807, 2.05) is 12.1 Å². The summed E-state index contributed by atoms with van der Waals surface area (Å²) in [6, 6.07) is 5.44. The van der Waals surface area contributed by atoms with E-state index in [1.54, 1.807) is 19.2 Å². The van der Waals surface area contributed by atoms with Gasteiger partial charge in [0.15, 0.2) is 5.82 Å². The molecule has 4 rings (SSSR count). The van der Waals surface area contributed by atoms with Gasteiger partial charge in [-0.25, -0.2) is 4.98 Å². The normalized spacial score (nSPS) is 15.4. The van der Waals surface area contributed by atoms with E-state index in [-0.39, 0.29) is 11.5 Å². The minimum atomic E-state index is -0.143. The van der Waals surface area contributed by atoms with Crippen LogP contribution in [0, 0.1) is 6.92 Å². The zero-order valence-electron chi connectivity index (χ0n) is 11.4. The van der Waals surface area contributed by atoms with Gasteiger partial charge in [0.2, 0.25) is 5.89 Å². The largest absolute Gasteiger partial charge is 0.369 e. The van der Waals surface area contributed by atoms with Crippen LogP contribution in [0.1, 0.15) is 17.6 Å². The number of nitrogens with one attached hydrogen (secondary N) is 1. The highest BCUT2D eigenvalue weighted by molar-refractivity contribution is 5.89. The Balaban J connectivity index is 1.65. The lowest BCUT2D eigenvalue weighted by Crippen LogP contribution is -2.46. The van der Waals surface area contributed by atoms with Crippen molar-refractivity contribution in [3.63, 3.8) is 0 Å². The Hall–Kier alpha value is -2.70. The van der Waals surface area contributed by atoms with Crippen LogP contribution in [0.5, 0.6) is 0 Å². The van der Waals surface area contributed by atoms with E-state index < -0.39 is 0 Å². The predicted octanol–water partition coefficient (Wildman–Crippen LogP) is 1.22. The molecule has 0 bridgehead atoms. The van der Waals surface area contributed by atoms with Crippen LogP contribution in [0.4, 0.5) is 5.69 Å². The van der Waals surface area contributed by atoms with Gasteiger partial charge in [0.05, 0.1) is 11.6 Å². The van der Waals surface area contributed by atoms with Gasteiger partial charge < -0.3 is 14.4 Å². The van der Waals surface area contributed by atoms with Gasteiger partial charge in [-0.2, -0.15) is 4.98 Å². The van der Waals surface area contributed by atoms with Crippen LogP contribution < -0.4 is 10.5 Å². The van der Waals surface area contributed by atoms with E-state index in [2.05, 4.69) is 25.0 Å². The van der Waals surface area contributed by atoms with Gasteiger partial charge in [-0.1, -0.05) is 5.16 Å². The molecule has 0 aromatic carbocycles. The van der Waals surface area contributed by atoms with E-state index in [0.29, 0.717) is 11.5 Å². The van der Waals surface area contributed by atoms with E-state index in [4.69, 9.17) is 4.52 Å². The number of aryl methyl sites for hydroxylation is 1. The summed E-state index contributed by atoms with van der Waals surface area (Å²) in [5, 5.41) is 4.90. The fourth-order valence-corrected chi connectivity index (χ4v) is 2.65. The number of pyridine rings is 2. The Labute approximate surface area is 119 Å². The molecule has 0 aliphatic carbocycles. The molecule has 1 N–H and O–H groups in total. The molecule has 0 atom stereocenters. The van der Waals surface area contributed by atoms with Crippen molar-refractivity contribution in [2.24, 2.45) is 0 Å². The van der Waals surface area contributed by atoms with Crippen LogP contribution in [0.25, 0.3) is 11.0 Å². The molecule has 1 fully saturated rings. The van der Waals surface area contributed by atoms with Crippen molar-refractivity contribution in [2.45, 2.75) is 12.8 Å². The molecule has 106 valence electrons. The van der Waals surface area contributed by atoms with Gasteiger partial charge in [0, 0.05) is 37.7 Å². The molecule has 0 amide bonds. The number of rotatable bonds is 2. The maximum absolute atomic E-state index is 11.7. The average Bonchev–Trinajstić information content (AvgIpc) is 2.83. The molecule has 1 aliphatic rings. The SMILES string of the molecule is Cc1nc(C2CN(c3cc(=O)[nH]c4ncccc34)C2)no1. The van der Waals surface area contributed by atoms with Crippen LogP contribution in [-0.4, -0.2) is 33.2 Å². The Morgan fingerprint density at radius 3 is 3.05 bits per heavy atom. The summed E-state index contributed by atoms with van der Waals surface area (Å²) in [6.45, 7) is 3.32. The molecule has 21 heavy (non-hydrogen) atoms. The second-order valence-electron chi connectivity index (χ2n) is 5.19. The van der Waals surface area contributed by atoms with E-state index >= 15 is 0 Å². The third kappa shape index (κ3) is 1.97. The molecular formula is C14H13N5O2. The van der Waals surface area contributed by atoms with Crippen molar-refractivity contribution < 1.29 is 4.52 Å². The van der Waals surface area contributed by atoms with Crippen LogP contribution >= 0.6 is 0 Å². The molecule has 7 nitrogen and oxygen atoms in total. The van der Waals surface area contributed by atoms with Crippen molar-refractivity contribution in [1.82, 2.24) is 20.1 Å². The minimum Gasteiger partial charge on any atom is -0.369 e. The number of H-pyrrole nitrogens is 1. The Kier molecular flexibility index (Phi) is 2.53. The van der Waals surface area contributed by atoms with E-state index in [0.717, 1.165) is 30.0 Å². The van der Waals surface area contributed by atoms with Gasteiger partial charge >= 0.3 is 0 Å². The molecule has 7 heteroatoms. The summed E-state index contributed by atoms with van der Waals surface area (Å²) in [5.41, 5.74) is 1.37. The molecule has 0 saturated carbocycles. The van der Waals surface area contributed by atoms with Gasteiger partial charge in [-0.3, -0.25) is 4.79 Å². The smallest absolute Gasteiger partial charge is 0.251 e. The number of anilines is 1. The van der Waals surface area contributed by atoms with E-state index in [1.165, 1.54) is 0 Å². The van der Waals surface area contributed by atoms with Crippen LogP contribution in [-0.2, 0) is 0 Å². The lowest BCUT2D eigenvalue weighted by molar-refractivity contribution is 0.376. The highest BCUT2D eigenvalue weighted by Crippen LogP contribution is 2.32. The number of hydrogen-bond acceptors (Lipinski definition) is 6. The summed E-state index contributed by atoms with van der Waals surface area (Å²) in [7, 11) is 0. The molecule has 3 aromatic heterocycles. The first kappa shape index (κ1) is 12.1. The molecule has 1 saturated heterocycles. The monoisotopic (exact) mass is 283 g/mol. The molecule has 0 unspecified atom stereocenters. The number of nitrogens with zero attached hydrogens (tertiary/aromatic N) is 4. The van der Waals surface area contributed by atoms with Gasteiger partial charge in [0.1, 0.15) is 5.65 Å². The van der Waals surface area contributed by atoms with Crippen molar-refractivity contribution in [1.29, 1.82) is 0 Å². The number of fused-ring (bicyclic) bond motifs is 1. The second kappa shape index (κ2) is 4.41. The topological polar surface area (TPSA) is 87.9 Å². The molecule has 0 radical (unpaired) electrons. The zero-order valence-corrected chi connectivity index (χ0v) is 11.4. The van der Waals surface area contributed by atoms with Gasteiger partial charge in [-0.05, 0) is 12.1 Å². The fourth-order valence-electron chi connectivity index (χ4n) is 2.65. The standard InChI is InChI=1S/C14H13N5O2/c1-8-16-13(18-21-8)9-6-19(7-9)11-5-12(20)17-14-10(11)3-2-4-15-14/h2-5,9H,6-7H2,1H3,(H,15,17,20). The first-order valence-corrected chi connectivity index (χ1v) is 6.74. The van der Waals surface area contributed by atoms with Crippen molar-refractivity contribution in [3.05, 3.63) is 46.5 Å². The maximum atomic E-state index is 11.7. The first-order chi connectivity index (χ1) is 10.2. The lowest BCUT2D eigenvalue weighted by atomic mass is 9.98. The predicted molar refractivity (Wildman–Crippen MR) is 76.4 cm³/mol. The Morgan fingerprint density at radius 1 is 1.43 bits per heavy atom. The molecule has 3 aromatic rings. The molecular weight excluding hydrogens is 270 g/mol.